The number of hydrogen-bond acceptors (Lipinski definition) is 11. The lowest BCUT2D eigenvalue weighted by Gasteiger charge is -2.40. The minimum Gasteiger partial charge on any atom is -0.493 e. The largest absolute Gasteiger partial charge is 0.493 e. The number of aliphatic hydroxyl groups excluding tert-OH is 4. The molecule has 5 atom stereocenters. The van der Waals surface area contributed by atoms with E-state index < -0.39 is 37.3 Å². The molecule has 0 spiro atoms. The van der Waals surface area contributed by atoms with Gasteiger partial charge in [-0.05, 0) is 0 Å². The zero-order chi connectivity index (χ0) is 20.5. The third-order valence-corrected chi connectivity index (χ3v) is 4.80. The van der Waals surface area contributed by atoms with Crippen molar-refractivity contribution in [2.45, 2.75) is 37.2 Å². The van der Waals surface area contributed by atoms with Crippen LogP contribution in [-0.4, -0.2) is 78.1 Å². The van der Waals surface area contributed by atoms with E-state index >= 15 is 0 Å². The molecule has 0 aliphatic carbocycles. The van der Waals surface area contributed by atoms with Crippen LogP contribution in [0.2, 0.25) is 0 Å². The fourth-order valence-corrected chi connectivity index (χ4v) is 3.21. The fraction of sp³-hybridized carbons (Fsp3) is 0.471. The van der Waals surface area contributed by atoms with Crippen LogP contribution < -0.4 is 10.1 Å². The van der Waals surface area contributed by atoms with Gasteiger partial charge in [-0.2, -0.15) is 0 Å². The van der Waals surface area contributed by atoms with Gasteiger partial charge >= 0.3 is 0 Å². The number of methoxy groups -OCH3 is 1. The minimum absolute atomic E-state index is 0.322. The number of fused-ring (bicyclic) bond motifs is 1. The predicted octanol–water partition coefficient (Wildman–Crippen LogP) is -0.988. The second kappa shape index (κ2) is 7.93. The Morgan fingerprint density at radius 3 is 2.72 bits per heavy atom. The molecule has 1 fully saturated rings. The average Bonchev–Trinajstić information content (AvgIpc) is 3.38. The monoisotopic (exact) mass is 407 g/mol. The highest BCUT2D eigenvalue weighted by molar-refractivity contribution is 5.82. The maximum atomic E-state index is 10.4. The van der Waals surface area contributed by atoms with E-state index in [2.05, 4.69) is 20.3 Å². The normalized spacial score (nSPS) is 27.3. The van der Waals surface area contributed by atoms with Gasteiger partial charge in [0.05, 0.1) is 26.6 Å². The first-order chi connectivity index (χ1) is 14.0. The molecule has 0 amide bonds. The maximum absolute atomic E-state index is 10.4. The summed E-state index contributed by atoms with van der Waals surface area (Å²) >= 11 is 0. The van der Waals surface area contributed by atoms with Gasteiger partial charge in [0, 0.05) is 6.07 Å². The molecular weight excluding hydrogens is 386 g/mol. The van der Waals surface area contributed by atoms with Gasteiger partial charge in [0.15, 0.2) is 29.0 Å². The van der Waals surface area contributed by atoms with Gasteiger partial charge in [0.25, 0.3) is 0 Å². The first-order valence-corrected chi connectivity index (χ1v) is 8.86. The number of anilines is 1. The van der Waals surface area contributed by atoms with Gasteiger partial charge in [-0.15, -0.1) is 0 Å². The fourth-order valence-electron chi connectivity index (χ4n) is 3.21. The summed E-state index contributed by atoms with van der Waals surface area (Å²) in [5.74, 6) is 1.65. The van der Waals surface area contributed by atoms with Crippen molar-refractivity contribution in [3.8, 4) is 5.75 Å². The van der Waals surface area contributed by atoms with Crippen molar-refractivity contribution < 1.29 is 34.3 Å². The van der Waals surface area contributed by atoms with Crippen molar-refractivity contribution >= 4 is 17.0 Å². The maximum Gasteiger partial charge on any atom is 0.167 e. The Hall–Kier alpha value is -2.77. The number of furan rings is 1. The van der Waals surface area contributed by atoms with Crippen LogP contribution in [0.15, 0.2) is 29.4 Å². The smallest absolute Gasteiger partial charge is 0.167 e. The molecule has 0 bridgehead atoms. The van der Waals surface area contributed by atoms with E-state index in [1.165, 1.54) is 23.5 Å². The first-order valence-electron chi connectivity index (χ1n) is 8.86. The van der Waals surface area contributed by atoms with Gasteiger partial charge in [-0.3, -0.25) is 4.57 Å². The SMILES string of the molecule is COc1coc(CNc2ncnc3c2ncn3C2O[C@H](CO)[C@@H](O)[C@H](O)[C@H]2O)c1. The van der Waals surface area contributed by atoms with E-state index in [1.54, 1.807) is 13.2 Å². The second-order valence-corrected chi connectivity index (χ2v) is 6.57. The highest BCUT2D eigenvalue weighted by atomic mass is 16.6. The average molecular weight is 407 g/mol. The molecule has 1 aliphatic heterocycles. The summed E-state index contributed by atoms with van der Waals surface area (Å²) in [5, 5.41) is 42.8. The lowest BCUT2D eigenvalue weighted by molar-refractivity contribution is -0.250. The molecule has 0 radical (unpaired) electrons. The van der Waals surface area contributed by atoms with E-state index in [0.717, 1.165) is 0 Å². The summed E-state index contributed by atoms with van der Waals surface area (Å²) in [7, 11) is 1.54. The summed E-state index contributed by atoms with van der Waals surface area (Å²) in [6, 6.07) is 1.73. The standard InChI is InChI=1S/C17H21N5O7/c1-27-9-2-8(28-5-9)3-18-15-11-16(20-6-19-15)22(7-21-11)17-14(26)13(25)12(24)10(4-23)29-17/h2,5-7,10,12-14,17,23-26H,3-4H2,1H3,(H,18,19,20)/t10-,12-,13+,14-,17?/m1/s1. The number of aromatic nitrogens is 4. The summed E-state index contributed by atoms with van der Waals surface area (Å²) in [5.41, 5.74) is 0.742. The minimum atomic E-state index is -1.50. The molecule has 3 aromatic rings. The Kier molecular flexibility index (Phi) is 5.34. The molecule has 0 saturated carbocycles. The number of rotatable bonds is 6. The molecule has 1 aliphatic rings. The zero-order valence-corrected chi connectivity index (χ0v) is 15.4. The summed E-state index contributed by atoms with van der Waals surface area (Å²) in [6.45, 7) is -0.204. The van der Waals surface area contributed by atoms with Crippen LogP contribution in [-0.2, 0) is 11.3 Å². The third-order valence-electron chi connectivity index (χ3n) is 4.80. The zero-order valence-electron chi connectivity index (χ0n) is 15.4. The second-order valence-electron chi connectivity index (χ2n) is 6.57. The summed E-state index contributed by atoms with van der Waals surface area (Å²) < 4.78 is 17.4. The Bertz CT molecular complexity index is 974. The molecule has 0 aromatic carbocycles. The summed E-state index contributed by atoms with van der Waals surface area (Å²) in [4.78, 5) is 12.6. The Morgan fingerprint density at radius 2 is 2.00 bits per heavy atom. The van der Waals surface area contributed by atoms with Crippen LogP contribution in [0.4, 0.5) is 5.82 Å². The van der Waals surface area contributed by atoms with Crippen LogP contribution in [0.3, 0.4) is 0 Å². The topological polar surface area (TPSA) is 168 Å². The van der Waals surface area contributed by atoms with Crippen molar-refractivity contribution in [2.24, 2.45) is 0 Å². The lowest BCUT2D eigenvalue weighted by Crippen LogP contribution is -2.56. The number of ether oxygens (including phenoxy) is 2. The molecule has 29 heavy (non-hydrogen) atoms. The van der Waals surface area contributed by atoms with Crippen molar-refractivity contribution in [1.82, 2.24) is 19.5 Å². The van der Waals surface area contributed by atoms with Gasteiger partial charge < -0.3 is 39.6 Å². The highest BCUT2D eigenvalue weighted by Crippen LogP contribution is 2.31. The Morgan fingerprint density at radius 1 is 1.17 bits per heavy atom. The van der Waals surface area contributed by atoms with Crippen LogP contribution >= 0.6 is 0 Å². The van der Waals surface area contributed by atoms with E-state index in [9.17, 15) is 20.4 Å². The van der Waals surface area contributed by atoms with Crippen LogP contribution in [0.5, 0.6) is 5.75 Å². The molecule has 3 aromatic heterocycles. The van der Waals surface area contributed by atoms with E-state index in [0.29, 0.717) is 35.0 Å². The molecular formula is C17H21N5O7. The molecule has 1 saturated heterocycles. The van der Waals surface area contributed by atoms with Crippen molar-refractivity contribution in [3.63, 3.8) is 0 Å². The molecule has 5 N–H and O–H groups in total. The molecule has 4 heterocycles. The molecule has 12 nitrogen and oxygen atoms in total. The molecule has 156 valence electrons. The van der Waals surface area contributed by atoms with Crippen LogP contribution in [0.1, 0.15) is 12.0 Å². The number of hydrogen-bond donors (Lipinski definition) is 5. The number of nitrogens with one attached hydrogen (secondary N) is 1. The van der Waals surface area contributed by atoms with Gasteiger partial charge in [-0.25, -0.2) is 15.0 Å². The number of aliphatic hydroxyl groups is 4. The van der Waals surface area contributed by atoms with E-state index in [-0.39, 0.29) is 0 Å². The van der Waals surface area contributed by atoms with Crippen molar-refractivity contribution in [1.29, 1.82) is 0 Å². The molecule has 4 rings (SSSR count). The number of nitrogens with zero attached hydrogens (tertiary/aromatic N) is 4. The first kappa shape index (κ1) is 19.5. The predicted molar refractivity (Wildman–Crippen MR) is 96.9 cm³/mol. The van der Waals surface area contributed by atoms with Crippen molar-refractivity contribution in [2.75, 3.05) is 19.0 Å². The summed E-state index contributed by atoms with van der Waals surface area (Å²) in [6.07, 6.45) is -2.36. The van der Waals surface area contributed by atoms with Gasteiger partial charge in [0.1, 0.15) is 42.8 Å². The molecule has 1 unspecified atom stereocenters. The third kappa shape index (κ3) is 3.52. The van der Waals surface area contributed by atoms with Crippen molar-refractivity contribution in [3.05, 3.63) is 30.7 Å². The van der Waals surface area contributed by atoms with Crippen LogP contribution in [0.25, 0.3) is 11.2 Å². The Labute approximate surface area is 164 Å². The van der Waals surface area contributed by atoms with Crippen LogP contribution in [0, 0.1) is 0 Å². The molecule has 12 heteroatoms. The highest BCUT2D eigenvalue weighted by Gasteiger charge is 2.44. The van der Waals surface area contributed by atoms with E-state index in [1.807, 2.05) is 0 Å². The quantitative estimate of drug-likeness (QED) is 0.340. The Balaban J connectivity index is 1.60. The van der Waals surface area contributed by atoms with Gasteiger partial charge in [0.2, 0.25) is 0 Å². The lowest BCUT2D eigenvalue weighted by atomic mass is 9.98. The van der Waals surface area contributed by atoms with E-state index in [4.69, 9.17) is 13.9 Å². The number of imidazole rings is 1. The van der Waals surface area contributed by atoms with Gasteiger partial charge in [-0.1, -0.05) is 0 Å².